The van der Waals surface area contributed by atoms with Gasteiger partial charge in [0.25, 0.3) is 0 Å². The molecule has 1 aromatic rings. The van der Waals surface area contributed by atoms with Gasteiger partial charge in [0.2, 0.25) is 10.0 Å². The molecule has 1 saturated heterocycles. The zero-order valence-electron chi connectivity index (χ0n) is 11.7. The molecule has 0 aromatic heterocycles. The van der Waals surface area contributed by atoms with Gasteiger partial charge in [-0.2, -0.15) is 4.31 Å². The van der Waals surface area contributed by atoms with Crippen LogP contribution in [0.3, 0.4) is 0 Å². The van der Waals surface area contributed by atoms with Crippen molar-refractivity contribution in [3.05, 3.63) is 29.6 Å². The molecule has 1 aromatic carbocycles. The summed E-state index contributed by atoms with van der Waals surface area (Å²) in [7, 11) is 0.0339. The van der Waals surface area contributed by atoms with Crippen LogP contribution in [0.5, 0.6) is 0 Å². The van der Waals surface area contributed by atoms with E-state index in [0.29, 0.717) is 18.7 Å². The fraction of sp³-hybridized carbons (Fsp3) is 0.538. The molecule has 1 aliphatic rings. The van der Waals surface area contributed by atoms with Crippen molar-refractivity contribution < 1.29 is 12.8 Å². The Labute approximate surface area is 119 Å². The van der Waals surface area contributed by atoms with E-state index in [1.54, 1.807) is 0 Å². The summed E-state index contributed by atoms with van der Waals surface area (Å²) < 4.78 is 40.2. The highest BCUT2D eigenvalue weighted by molar-refractivity contribution is 7.89. The summed E-state index contributed by atoms with van der Waals surface area (Å²) in [6.07, 6.45) is 0.754. The number of sulfonamides is 1. The van der Waals surface area contributed by atoms with E-state index >= 15 is 0 Å². The summed E-state index contributed by atoms with van der Waals surface area (Å²) in [5.41, 5.74) is 6.09. The van der Waals surface area contributed by atoms with E-state index < -0.39 is 15.8 Å². The molecule has 0 radical (unpaired) electrons. The van der Waals surface area contributed by atoms with Crippen molar-refractivity contribution in [2.75, 3.05) is 27.2 Å². The van der Waals surface area contributed by atoms with Gasteiger partial charge in [-0.25, -0.2) is 12.8 Å². The van der Waals surface area contributed by atoms with Crippen molar-refractivity contribution in [1.29, 1.82) is 0 Å². The highest BCUT2D eigenvalue weighted by Crippen LogP contribution is 2.25. The molecule has 0 spiro atoms. The van der Waals surface area contributed by atoms with Crippen LogP contribution in [0, 0.1) is 5.82 Å². The Balaban J connectivity index is 2.32. The molecular formula is C13H20FN3O2S. The Kier molecular flexibility index (Phi) is 4.43. The molecule has 20 heavy (non-hydrogen) atoms. The van der Waals surface area contributed by atoms with Gasteiger partial charge in [-0.1, -0.05) is 6.07 Å². The molecule has 0 saturated carbocycles. The first kappa shape index (κ1) is 15.4. The Morgan fingerprint density at radius 1 is 1.45 bits per heavy atom. The van der Waals surface area contributed by atoms with Gasteiger partial charge in [-0.3, -0.25) is 0 Å². The standard InChI is InChI=1S/C13H20FN3O2S/c1-16(2)11-5-6-17(9-11)20(18,19)13-7-10(8-15)3-4-12(13)14/h3-4,7,11H,5-6,8-9,15H2,1-2H3. The van der Waals surface area contributed by atoms with E-state index in [1.165, 1.54) is 16.4 Å². The Morgan fingerprint density at radius 2 is 2.15 bits per heavy atom. The summed E-state index contributed by atoms with van der Waals surface area (Å²) in [5, 5.41) is 0. The van der Waals surface area contributed by atoms with Gasteiger partial charge in [-0.05, 0) is 38.2 Å². The molecule has 112 valence electrons. The number of likely N-dealkylation sites (N-methyl/N-ethyl adjacent to an activating group) is 1. The third-order valence-corrected chi connectivity index (χ3v) is 5.59. The number of hydrogen-bond donors (Lipinski definition) is 1. The van der Waals surface area contributed by atoms with Crippen molar-refractivity contribution in [3.8, 4) is 0 Å². The fourth-order valence-corrected chi connectivity index (χ4v) is 3.97. The minimum absolute atomic E-state index is 0.172. The highest BCUT2D eigenvalue weighted by Gasteiger charge is 2.34. The maximum atomic E-state index is 13.9. The van der Waals surface area contributed by atoms with Crippen LogP contribution >= 0.6 is 0 Å². The number of halogens is 1. The van der Waals surface area contributed by atoms with Crippen molar-refractivity contribution in [2.45, 2.75) is 23.9 Å². The lowest BCUT2D eigenvalue weighted by Gasteiger charge is -2.20. The Bertz CT molecular complexity index is 589. The lowest BCUT2D eigenvalue weighted by molar-refractivity contribution is 0.302. The van der Waals surface area contributed by atoms with E-state index in [9.17, 15) is 12.8 Å². The van der Waals surface area contributed by atoms with Crippen molar-refractivity contribution in [3.63, 3.8) is 0 Å². The average molecular weight is 301 g/mol. The summed E-state index contributed by atoms with van der Waals surface area (Å²) in [5.74, 6) is -0.726. The molecule has 0 amide bonds. The molecule has 0 aliphatic carbocycles. The summed E-state index contributed by atoms with van der Waals surface area (Å²) in [6.45, 7) is 0.988. The van der Waals surface area contributed by atoms with E-state index in [1.807, 2.05) is 19.0 Å². The van der Waals surface area contributed by atoms with Gasteiger partial charge >= 0.3 is 0 Å². The van der Waals surface area contributed by atoms with E-state index in [2.05, 4.69) is 0 Å². The smallest absolute Gasteiger partial charge is 0.246 e. The average Bonchev–Trinajstić information content (AvgIpc) is 2.89. The normalized spacial score (nSPS) is 20.8. The lowest BCUT2D eigenvalue weighted by Crippen LogP contribution is -2.34. The molecule has 1 heterocycles. The van der Waals surface area contributed by atoms with Crippen LogP contribution in [0.25, 0.3) is 0 Å². The Morgan fingerprint density at radius 3 is 2.70 bits per heavy atom. The fourth-order valence-electron chi connectivity index (χ4n) is 2.36. The van der Waals surface area contributed by atoms with Crippen LogP contribution < -0.4 is 5.73 Å². The second-order valence-electron chi connectivity index (χ2n) is 5.24. The minimum Gasteiger partial charge on any atom is -0.326 e. The summed E-state index contributed by atoms with van der Waals surface area (Å²) >= 11 is 0. The Hall–Kier alpha value is -1.02. The van der Waals surface area contributed by atoms with Crippen LogP contribution in [0.15, 0.2) is 23.1 Å². The molecule has 5 nitrogen and oxygen atoms in total. The van der Waals surface area contributed by atoms with Crippen molar-refractivity contribution in [2.24, 2.45) is 5.73 Å². The van der Waals surface area contributed by atoms with Crippen LogP contribution in [0.4, 0.5) is 4.39 Å². The summed E-state index contributed by atoms with van der Waals surface area (Å²) in [6, 6.07) is 4.16. The maximum Gasteiger partial charge on any atom is 0.246 e. The zero-order valence-corrected chi connectivity index (χ0v) is 12.5. The van der Waals surface area contributed by atoms with Crippen LogP contribution in [0.1, 0.15) is 12.0 Å². The first-order valence-corrected chi connectivity index (χ1v) is 7.95. The number of nitrogens with zero attached hydrogens (tertiary/aromatic N) is 2. The van der Waals surface area contributed by atoms with Gasteiger partial charge in [0, 0.05) is 25.7 Å². The molecular weight excluding hydrogens is 281 g/mol. The van der Waals surface area contributed by atoms with Crippen LogP contribution in [-0.2, 0) is 16.6 Å². The number of hydrogen-bond acceptors (Lipinski definition) is 4. The molecule has 0 bridgehead atoms. The number of rotatable bonds is 4. The SMILES string of the molecule is CN(C)C1CCN(S(=O)(=O)c2cc(CN)ccc2F)C1. The summed E-state index contributed by atoms with van der Waals surface area (Å²) in [4.78, 5) is 1.71. The second-order valence-corrected chi connectivity index (χ2v) is 7.14. The van der Waals surface area contributed by atoms with Crippen molar-refractivity contribution in [1.82, 2.24) is 9.21 Å². The lowest BCUT2D eigenvalue weighted by atomic mass is 10.2. The van der Waals surface area contributed by atoms with Gasteiger partial charge in [0.15, 0.2) is 0 Å². The molecule has 7 heteroatoms. The largest absolute Gasteiger partial charge is 0.326 e. The zero-order chi connectivity index (χ0) is 14.9. The third kappa shape index (κ3) is 2.85. The molecule has 1 fully saturated rings. The molecule has 1 atom stereocenters. The minimum atomic E-state index is -3.79. The molecule has 1 unspecified atom stereocenters. The monoisotopic (exact) mass is 301 g/mol. The molecule has 2 rings (SSSR count). The predicted octanol–water partition coefficient (Wildman–Crippen LogP) is 0.609. The predicted molar refractivity (Wildman–Crippen MR) is 75.1 cm³/mol. The van der Waals surface area contributed by atoms with Gasteiger partial charge in [0.05, 0.1) is 0 Å². The maximum absolute atomic E-state index is 13.9. The number of benzene rings is 1. The van der Waals surface area contributed by atoms with Gasteiger partial charge in [0.1, 0.15) is 10.7 Å². The first-order valence-electron chi connectivity index (χ1n) is 6.51. The second kappa shape index (κ2) is 5.77. The molecule has 2 N–H and O–H groups in total. The van der Waals surface area contributed by atoms with Gasteiger partial charge < -0.3 is 10.6 Å². The van der Waals surface area contributed by atoms with Crippen molar-refractivity contribution >= 4 is 10.0 Å². The van der Waals surface area contributed by atoms with Gasteiger partial charge in [-0.15, -0.1) is 0 Å². The van der Waals surface area contributed by atoms with E-state index in [4.69, 9.17) is 5.73 Å². The van der Waals surface area contributed by atoms with Crippen LogP contribution in [-0.4, -0.2) is 50.8 Å². The topological polar surface area (TPSA) is 66.6 Å². The molecule has 1 aliphatic heterocycles. The third-order valence-electron chi connectivity index (χ3n) is 3.71. The quantitative estimate of drug-likeness (QED) is 0.885. The highest BCUT2D eigenvalue weighted by atomic mass is 32.2. The number of nitrogens with two attached hydrogens (primary N) is 1. The van der Waals surface area contributed by atoms with E-state index in [0.717, 1.165) is 12.5 Å². The van der Waals surface area contributed by atoms with Crippen LogP contribution in [0.2, 0.25) is 0 Å². The van der Waals surface area contributed by atoms with E-state index in [-0.39, 0.29) is 17.5 Å². The first-order chi connectivity index (χ1) is 9.36.